The summed E-state index contributed by atoms with van der Waals surface area (Å²) >= 11 is 0. The minimum absolute atomic E-state index is 0.0416. The van der Waals surface area contributed by atoms with E-state index in [1.165, 1.54) is 6.07 Å². The van der Waals surface area contributed by atoms with E-state index in [0.29, 0.717) is 6.61 Å². The van der Waals surface area contributed by atoms with Crippen LogP contribution in [-0.4, -0.2) is 43.2 Å². The average molecular weight is 223 g/mol. The topological polar surface area (TPSA) is 49.8 Å². The Hall–Kier alpha value is -1.55. The fraction of sp³-hybridized carbons (Fsp3) is 0.417. The van der Waals surface area contributed by atoms with Gasteiger partial charge in [0.2, 0.25) is 0 Å². The molecule has 0 bridgehead atoms. The van der Waals surface area contributed by atoms with Gasteiger partial charge in [0.15, 0.2) is 0 Å². The van der Waals surface area contributed by atoms with E-state index in [2.05, 4.69) is 0 Å². The Bertz CT molecular complexity index is 350. The van der Waals surface area contributed by atoms with E-state index < -0.39 is 5.97 Å². The van der Waals surface area contributed by atoms with Crippen molar-refractivity contribution in [3.8, 4) is 5.75 Å². The molecule has 0 aliphatic heterocycles. The van der Waals surface area contributed by atoms with Gasteiger partial charge >= 0.3 is 5.97 Å². The lowest BCUT2D eigenvalue weighted by atomic mass is 10.2. The molecule has 16 heavy (non-hydrogen) atoms. The Morgan fingerprint density at radius 3 is 2.69 bits per heavy atom. The molecule has 0 aromatic heterocycles. The summed E-state index contributed by atoms with van der Waals surface area (Å²) in [5.74, 6) is -0.517. The molecule has 1 rings (SSSR count). The van der Waals surface area contributed by atoms with Crippen molar-refractivity contribution in [3.63, 3.8) is 0 Å². The molecule has 1 aromatic carbocycles. The normalized spacial score (nSPS) is 10.4. The number of carbonyl (C=O) groups is 1. The quantitative estimate of drug-likeness (QED) is 0.607. The molecular formula is C12H17NO3. The van der Waals surface area contributed by atoms with E-state index in [1.54, 1.807) is 18.2 Å². The second-order valence-electron chi connectivity index (χ2n) is 3.81. The second kappa shape index (κ2) is 6.12. The summed E-state index contributed by atoms with van der Waals surface area (Å²) in [6.07, 6.45) is 0.784. The number of nitrogens with zero attached hydrogens (tertiary/aromatic N) is 1. The molecule has 0 saturated carbocycles. The Morgan fingerprint density at radius 1 is 1.38 bits per heavy atom. The number of phenols is 1. The van der Waals surface area contributed by atoms with Crippen LogP contribution in [0.1, 0.15) is 16.8 Å². The standard InChI is InChI=1S/C12H17NO3/c1-13(2)8-5-9-16-12(15)10-6-3-4-7-11(10)14/h3-4,6-7,14H,5,8-9H2,1-2H3. The van der Waals surface area contributed by atoms with Crippen molar-refractivity contribution in [2.45, 2.75) is 6.42 Å². The Kier molecular flexibility index (Phi) is 4.79. The number of aromatic hydroxyl groups is 1. The van der Waals surface area contributed by atoms with Crippen LogP contribution in [0.25, 0.3) is 0 Å². The van der Waals surface area contributed by atoms with Crippen molar-refractivity contribution >= 4 is 5.97 Å². The van der Waals surface area contributed by atoms with Gasteiger partial charge in [-0.25, -0.2) is 4.79 Å². The predicted molar refractivity (Wildman–Crippen MR) is 61.6 cm³/mol. The van der Waals surface area contributed by atoms with Gasteiger partial charge in [0, 0.05) is 6.54 Å². The van der Waals surface area contributed by atoms with Gasteiger partial charge in [-0.05, 0) is 32.6 Å². The maximum absolute atomic E-state index is 11.5. The van der Waals surface area contributed by atoms with Crippen molar-refractivity contribution in [2.24, 2.45) is 0 Å². The van der Waals surface area contributed by atoms with Crippen LogP contribution in [0.4, 0.5) is 0 Å². The zero-order valence-corrected chi connectivity index (χ0v) is 9.64. The molecule has 0 amide bonds. The Morgan fingerprint density at radius 2 is 2.06 bits per heavy atom. The fourth-order valence-corrected chi connectivity index (χ4v) is 1.27. The molecule has 0 unspecified atom stereocenters. The maximum atomic E-state index is 11.5. The van der Waals surface area contributed by atoms with Crippen LogP contribution < -0.4 is 0 Å². The summed E-state index contributed by atoms with van der Waals surface area (Å²) in [5.41, 5.74) is 0.215. The van der Waals surface area contributed by atoms with Gasteiger partial charge in [0.05, 0.1) is 6.61 Å². The highest BCUT2D eigenvalue weighted by Gasteiger charge is 2.10. The second-order valence-corrected chi connectivity index (χ2v) is 3.81. The first-order valence-corrected chi connectivity index (χ1v) is 5.21. The molecule has 0 aliphatic rings. The highest BCUT2D eigenvalue weighted by Crippen LogP contribution is 2.16. The summed E-state index contributed by atoms with van der Waals surface area (Å²) < 4.78 is 5.03. The van der Waals surface area contributed by atoms with Crippen molar-refractivity contribution in [3.05, 3.63) is 29.8 Å². The van der Waals surface area contributed by atoms with Gasteiger partial charge in [-0.15, -0.1) is 0 Å². The van der Waals surface area contributed by atoms with E-state index in [-0.39, 0.29) is 11.3 Å². The molecule has 4 heteroatoms. The molecule has 0 radical (unpaired) electrons. The predicted octanol–water partition coefficient (Wildman–Crippen LogP) is 1.50. The summed E-state index contributed by atoms with van der Waals surface area (Å²) in [6.45, 7) is 1.24. The fourth-order valence-electron chi connectivity index (χ4n) is 1.27. The van der Waals surface area contributed by atoms with Crippen LogP contribution in [0.3, 0.4) is 0 Å². The molecule has 88 valence electrons. The number of esters is 1. The number of para-hydroxylation sites is 1. The number of carbonyl (C=O) groups excluding carboxylic acids is 1. The van der Waals surface area contributed by atoms with Gasteiger partial charge in [-0.1, -0.05) is 12.1 Å². The molecule has 0 aliphatic carbocycles. The highest BCUT2D eigenvalue weighted by molar-refractivity contribution is 5.92. The van der Waals surface area contributed by atoms with E-state index in [0.717, 1.165) is 13.0 Å². The molecule has 0 saturated heterocycles. The van der Waals surface area contributed by atoms with Crippen LogP contribution in [0.5, 0.6) is 5.75 Å². The molecule has 4 nitrogen and oxygen atoms in total. The maximum Gasteiger partial charge on any atom is 0.341 e. The van der Waals surface area contributed by atoms with E-state index in [4.69, 9.17) is 4.74 Å². The highest BCUT2D eigenvalue weighted by atomic mass is 16.5. The van der Waals surface area contributed by atoms with E-state index in [1.807, 2.05) is 19.0 Å². The lowest BCUT2D eigenvalue weighted by Gasteiger charge is -2.09. The lowest BCUT2D eigenvalue weighted by molar-refractivity contribution is 0.0490. The number of rotatable bonds is 5. The molecule has 0 spiro atoms. The third-order valence-electron chi connectivity index (χ3n) is 2.11. The third kappa shape index (κ3) is 3.90. The third-order valence-corrected chi connectivity index (χ3v) is 2.11. The number of phenolic OH excluding ortho intramolecular Hbond substituents is 1. The van der Waals surface area contributed by atoms with Crippen molar-refractivity contribution in [1.29, 1.82) is 0 Å². The molecule has 0 fully saturated rings. The van der Waals surface area contributed by atoms with Crippen LogP contribution in [0.15, 0.2) is 24.3 Å². The first kappa shape index (κ1) is 12.5. The van der Waals surface area contributed by atoms with Gasteiger partial charge in [-0.3, -0.25) is 0 Å². The Labute approximate surface area is 95.5 Å². The SMILES string of the molecule is CN(C)CCCOC(=O)c1ccccc1O. The van der Waals surface area contributed by atoms with Crippen LogP contribution in [0, 0.1) is 0 Å². The number of hydrogen-bond acceptors (Lipinski definition) is 4. The minimum atomic E-state index is -0.475. The zero-order chi connectivity index (χ0) is 12.0. The number of hydrogen-bond donors (Lipinski definition) is 1. The van der Waals surface area contributed by atoms with Crippen molar-refractivity contribution in [1.82, 2.24) is 4.90 Å². The van der Waals surface area contributed by atoms with Crippen molar-refractivity contribution < 1.29 is 14.6 Å². The molecule has 1 aromatic rings. The smallest absolute Gasteiger partial charge is 0.341 e. The summed E-state index contributed by atoms with van der Waals surface area (Å²) in [7, 11) is 3.93. The first-order chi connectivity index (χ1) is 7.61. The first-order valence-electron chi connectivity index (χ1n) is 5.21. The largest absolute Gasteiger partial charge is 0.507 e. The summed E-state index contributed by atoms with van der Waals surface area (Å²) in [5, 5.41) is 9.42. The lowest BCUT2D eigenvalue weighted by Crippen LogP contribution is -2.16. The average Bonchev–Trinajstić information content (AvgIpc) is 2.24. The molecule has 0 atom stereocenters. The van der Waals surface area contributed by atoms with Gasteiger partial charge in [0.1, 0.15) is 11.3 Å². The minimum Gasteiger partial charge on any atom is -0.507 e. The van der Waals surface area contributed by atoms with Gasteiger partial charge in [-0.2, -0.15) is 0 Å². The van der Waals surface area contributed by atoms with E-state index in [9.17, 15) is 9.90 Å². The van der Waals surface area contributed by atoms with Crippen molar-refractivity contribution in [2.75, 3.05) is 27.2 Å². The number of ether oxygens (including phenoxy) is 1. The Balaban J connectivity index is 2.39. The summed E-state index contributed by atoms with van der Waals surface area (Å²) in [6, 6.07) is 6.37. The van der Waals surface area contributed by atoms with Crippen LogP contribution >= 0.6 is 0 Å². The summed E-state index contributed by atoms with van der Waals surface area (Å²) in [4.78, 5) is 13.5. The molecule has 1 N–H and O–H groups in total. The monoisotopic (exact) mass is 223 g/mol. The molecular weight excluding hydrogens is 206 g/mol. The van der Waals surface area contributed by atoms with Gasteiger partial charge < -0.3 is 14.7 Å². The molecule has 0 heterocycles. The number of benzene rings is 1. The van der Waals surface area contributed by atoms with Crippen LogP contribution in [0.2, 0.25) is 0 Å². The van der Waals surface area contributed by atoms with E-state index >= 15 is 0 Å². The zero-order valence-electron chi connectivity index (χ0n) is 9.64. The van der Waals surface area contributed by atoms with Gasteiger partial charge in [0.25, 0.3) is 0 Å². The van der Waals surface area contributed by atoms with Crippen LogP contribution in [-0.2, 0) is 4.74 Å².